The topological polar surface area (TPSA) is 17.1 Å². The monoisotopic (exact) mass is 316 g/mol. The van der Waals surface area contributed by atoms with Crippen molar-refractivity contribution in [2.24, 2.45) is 5.92 Å². The molecule has 0 N–H and O–H groups in total. The Hall–Kier alpha value is -0.380. The lowest BCUT2D eigenvalue weighted by atomic mass is 9.94. The molecular formula is C13H17IO. The second-order valence-corrected chi connectivity index (χ2v) is 5.07. The minimum absolute atomic E-state index is 0.280. The predicted molar refractivity (Wildman–Crippen MR) is 72.2 cm³/mol. The SMILES string of the molecule is CCC(CC)CC(=O)c1cccc(I)c1. The molecule has 0 saturated heterocycles. The number of Topliss-reactive ketones (excluding diaryl/α,β-unsaturated/α-hetero) is 1. The van der Waals surface area contributed by atoms with Gasteiger partial charge in [-0.25, -0.2) is 0 Å². The zero-order chi connectivity index (χ0) is 11.3. The van der Waals surface area contributed by atoms with Crippen molar-refractivity contribution >= 4 is 28.4 Å². The van der Waals surface area contributed by atoms with E-state index in [9.17, 15) is 4.79 Å². The third kappa shape index (κ3) is 3.93. The Morgan fingerprint density at radius 1 is 1.33 bits per heavy atom. The first-order valence-electron chi connectivity index (χ1n) is 5.46. The van der Waals surface area contributed by atoms with E-state index in [0.717, 1.165) is 22.0 Å². The number of rotatable bonds is 5. The van der Waals surface area contributed by atoms with Gasteiger partial charge < -0.3 is 0 Å². The fourth-order valence-electron chi connectivity index (χ4n) is 1.62. The summed E-state index contributed by atoms with van der Waals surface area (Å²) in [7, 11) is 0. The lowest BCUT2D eigenvalue weighted by molar-refractivity contribution is 0.0958. The van der Waals surface area contributed by atoms with Gasteiger partial charge in [-0.05, 0) is 40.6 Å². The van der Waals surface area contributed by atoms with E-state index in [0.29, 0.717) is 12.3 Å². The third-order valence-electron chi connectivity index (χ3n) is 2.78. The summed E-state index contributed by atoms with van der Waals surface area (Å²) in [5.41, 5.74) is 0.855. The molecule has 0 unspecified atom stereocenters. The maximum absolute atomic E-state index is 11.9. The molecule has 0 heterocycles. The highest BCUT2D eigenvalue weighted by Crippen LogP contribution is 2.17. The van der Waals surface area contributed by atoms with Crippen molar-refractivity contribution in [2.45, 2.75) is 33.1 Å². The van der Waals surface area contributed by atoms with E-state index in [1.807, 2.05) is 24.3 Å². The van der Waals surface area contributed by atoms with Gasteiger partial charge in [-0.3, -0.25) is 4.79 Å². The predicted octanol–water partition coefficient (Wildman–Crippen LogP) is 4.30. The van der Waals surface area contributed by atoms with Crippen LogP contribution in [0.2, 0.25) is 0 Å². The Bertz CT molecular complexity index is 329. The van der Waals surface area contributed by atoms with E-state index in [1.165, 1.54) is 0 Å². The van der Waals surface area contributed by atoms with Crippen molar-refractivity contribution < 1.29 is 4.79 Å². The number of benzene rings is 1. The number of carbonyl (C=O) groups excluding carboxylic acids is 1. The molecule has 0 spiro atoms. The summed E-state index contributed by atoms with van der Waals surface area (Å²) in [4.78, 5) is 11.9. The molecule has 82 valence electrons. The maximum atomic E-state index is 11.9. The van der Waals surface area contributed by atoms with Crippen LogP contribution in [0, 0.1) is 9.49 Å². The lowest BCUT2D eigenvalue weighted by Crippen LogP contribution is -2.07. The van der Waals surface area contributed by atoms with E-state index >= 15 is 0 Å². The van der Waals surface area contributed by atoms with Gasteiger partial charge >= 0.3 is 0 Å². The molecule has 0 amide bonds. The third-order valence-corrected chi connectivity index (χ3v) is 3.45. The van der Waals surface area contributed by atoms with Crippen LogP contribution >= 0.6 is 22.6 Å². The second kappa shape index (κ2) is 6.26. The zero-order valence-electron chi connectivity index (χ0n) is 9.29. The average Bonchev–Trinajstić information content (AvgIpc) is 2.25. The molecule has 0 atom stereocenters. The van der Waals surface area contributed by atoms with Gasteiger partial charge in [0.1, 0.15) is 0 Å². The average molecular weight is 316 g/mol. The first-order chi connectivity index (χ1) is 7.17. The van der Waals surface area contributed by atoms with E-state index in [-0.39, 0.29) is 5.78 Å². The number of halogens is 1. The first kappa shape index (κ1) is 12.7. The van der Waals surface area contributed by atoms with Crippen molar-refractivity contribution in [2.75, 3.05) is 0 Å². The maximum Gasteiger partial charge on any atom is 0.163 e. The van der Waals surface area contributed by atoms with Crippen LogP contribution in [0.3, 0.4) is 0 Å². The van der Waals surface area contributed by atoms with Crippen LogP contribution in [-0.2, 0) is 0 Å². The fourth-order valence-corrected chi connectivity index (χ4v) is 2.16. The van der Waals surface area contributed by atoms with Crippen molar-refractivity contribution in [3.63, 3.8) is 0 Å². The Morgan fingerprint density at radius 2 is 2.00 bits per heavy atom. The summed E-state index contributed by atoms with van der Waals surface area (Å²) in [5, 5.41) is 0. The summed E-state index contributed by atoms with van der Waals surface area (Å²) < 4.78 is 1.13. The summed E-state index contributed by atoms with van der Waals surface area (Å²) >= 11 is 2.24. The van der Waals surface area contributed by atoms with E-state index in [1.54, 1.807) is 0 Å². The summed E-state index contributed by atoms with van der Waals surface area (Å²) in [5.74, 6) is 0.817. The molecule has 15 heavy (non-hydrogen) atoms. The van der Waals surface area contributed by atoms with E-state index < -0.39 is 0 Å². The normalized spacial score (nSPS) is 10.7. The van der Waals surface area contributed by atoms with Crippen LogP contribution in [0.4, 0.5) is 0 Å². The molecular weight excluding hydrogens is 299 g/mol. The lowest BCUT2D eigenvalue weighted by Gasteiger charge is -2.10. The van der Waals surface area contributed by atoms with Crippen LogP contribution in [0.15, 0.2) is 24.3 Å². The van der Waals surface area contributed by atoms with E-state index in [4.69, 9.17) is 0 Å². The highest BCUT2D eigenvalue weighted by molar-refractivity contribution is 14.1. The Morgan fingerprint density at radius 3 is 2.53 bits per heavy atom. The van der Waals surface area contributed by atoms with Crippen LogP contribution in [0.1, 0.15) is 43.5 Å². The molecule has 0 fully saturated rings. The molecule has 2 heteroatoms. The quantitative estimate of drug-likeness (QED) is 0.585. The van der Waals surface area contributed by atoms with Crippen LogP contribution in [-0.4, -0.2) is 5.78 Å². The highest BCUT2D eigenvalue weighted by atomic mass is 127. The Balaban J connectivity index is 2.68. The van der Waals surface area contributed by atoms with Gasteiger partial charge in [0.15, 0.2) is 5.78 Å². The van der Waals surface area contributed by atoms with Gasteiger partial charge in [0.2, 0.25) is 0 Å². The Kier molecular flexibility index (Phi) is 5.29. The van der Waals surface area contributed by atoms with Gasteiger partial charge in [0, 0.05) is 15.6 Å². The van der Waals surface area contributed by atoms with Gasteiger partial charge in [0.25, 0.3) is 0 Å². The van der Waals surface area contributed by atoms with Crippen molar-refractivity contribution in [3.05, 3.63) is 33.4 Å². The van der Waals surface area contributed by atoms with Crippen LogP contribution < -0.4 is 0 Å². The second-order valence-electron chi connectivity index (χ2n) is 3.82. The molecule has 1 aromatic rings. The Labute approximate surface area is 105 Å². The minimum Gasteiger partial charge on any atom is -0.294 e. The molecule has 1 rings (SSSR count). The van der Waals surface area contributed by atoms with Crippen molar-refractivity contribution in [1.29, 1.82) is 0 Å². The van der Waals surface area contributed by atoms with Crippen LogP contribution in [0.25, 0.3) is 0 Å². The molecule has 0 bridgehead atoms. The van der Waals surface area contributed by atoms with Crippen molar-refractivity contribution in [3.8, 4) is 0 Å². The van der Waals surface area contributed by atoms with E-state index in [2.05, 4.69) is 36.4 Å². The largest absolute Gasteiger partial charge is 0.294 e. The van der Waals surface area contributed by atoms with Crippen molar-refractivity contribution in [1.82, 2.24) is 0 Å². The molecule has 0 radical (unpaired) electrons. The molecule has 1 nitrogen and oxygen atoms in total. The standard InChI is InChI=1S/C13H17IO/c1-3-10(4-2)8-13(15)11-6-5-7-12(14)9-11/h5-7,9-10H,3-4,8H2,1-2H3. The molecule has 0 aliphatic rings. The summed E-state index contributed by atoms with van der Waals surface area (Å²) in [6.07, 6.45) is 2.87. The molecule has 0 aromatic heterocycles. The highest BCUT2D eigenvalue weighted by Gasteiger charge is 2.12. The molecule has 0 saturated carbocycles. The smallest absolute Gasteiger partial charge is 0.163 e. The number of carbonyl (C=O) groups is 1. The molecule has 1 aromatic carbocycles. The molecule has 0 aliphatic carbocycles. The summed E-state index contributed by atoms with van der Waals surface area (Å²) in [6.45, 7) is 4.30. The first-order valence-corrected chi connectivity index (χ1v) is 6.54. The molecule has 0 aliphatic heterocycles. The number of hydrogen-bond acceptors (Lipinski definition) is 1. The van der Waals surface area contributed by atoms with Crippen LogP contribution in [0.5, 0.6) is 0 Å². The number of ketones is 1. The van der Waals surface area contributed by atoms with Gasteiger partial charge in [-0.15, -0.1) is 0 Å². The summed E-state index contributed by atoms with van der Waals surface area (Å²) in [6, 6.07) is 7.83. The fraction of sp³-hybridized carbons (Fsp3) is 0.462. The number of hydrogen-bond donors (Lipinski definition) is 0. The zero-order valence-corrected chi connectivity index (χ0v) is 11.5. The van der Waals surface area contributed by atoms with Gasteiger partial charge in [-0.2, -0.15) is 0 Å². The van der Waals surface area contributed by atoms with Gasteiger partial charge in [-0.1, -0.05) is 38.8 Å². The minimum atomic E-state index is 0.280. The van der Waals surface area contributed by atoms with Gasteiger partial charge in [0.05, 0.1) is 0 Å².